The fourth-order valence-electron chi connectivity index (χ4n) is 4.40. The minimum Gasteiger partial charge on any atom is -0.377 e. The van der Waals surface area contributed by atoms with Crippen LogP contribution in [-0.4, -0.2) is 60.4 Å². The van der Waals surface area contributed by atoms with Crippen LogP contribution in [0.5, 0.6) is 0 Å². The van der Waals surface area contributed by atoms with Crippen molar-refractivity contribution in [3.05, 3.63) is 59.9 Å². The molecule has 5 rings (SSSR count). The molecule has 1 atom stereocenters. The summed E-state index contributed by atoms with van der Waals surface area (Å²) in [6, 6.07) is 11.8. The van der Waals surface area contributed by atoms with Crippen molar-refractivity contribution in [3.8, 4) is 22.6 Å². The number of aromatic amines is 1. The number of ether oxygens (including phenoxy) is 1. The van der Waals surface area contributed by atoms with Crippen molar-refractivity contribution in [1.82, 2.24) is 19.9 Å². The van der Waals surface area contributed by atoms with Crippen molar-refractivity contribution in [3.63, 3.8) is 0 Å². The molecule has 1 N–H and O–H groups in total. The van der Waals surface area contributed by atoms with Gasteiger partial charge in [0.25, 0.3) is 0 Å². The molecule has 3 aromatic heterocycles. The highest BCUT2D eigenvalue weighted by Gasteiger charge is 2.23. The van der Waals surface area contributed by atoms with Crippen LogP contribution in [0.1, 0.15) is 18.1 Å². The van der Waals surface area contributed by atoms with Crippen molar-refractivity contribution in [2.75, 3.05) is 30.9 Å². The average Bonchev–Trinajstić information content (AvgIpc) is 3.28. The number of fused-ring (bicyclic) bond motifs is 1. The Morgan fingerprint density at radius 3 is 2.79 bits per heavy atom. The zero-order chi connectivity index (χ0) is 23.9. The van der Waals surface area contributed by atoms with Gasteiger partial charge in [-0.1, -0.05) is 12.1 Å². The van der Waals surface area contributed by atoms with Crippen molar-refractivity contribution >= 4 is 26.7 Å². The number of benzene rings is 1. The summed E-state index contributed by atoms with van der Waals surface area (Å²) >= 11 is 0. The van der Waals surface area contributed by atoms with E-state index in [0.717, 1.165) is 51.3 Å². The lowest BCUT2D eigenvalue weighted by molar-refractivity contribution is 0.0985. The monoisotopic (exact) mass is 477 g/mol. The maximum absolute atomic E-state index is 11.9. The minimum atomic E-state index is -3.16. The third-order valence-corrected chi connectivity index (χ3v) is 6.94. The molecular formula is C25H27N5O3S. The molecule has 0 spiro atoms. The van der Waals surface area contributed by atoms with Crippen molar-refractivity contribution < 1.29 is 13.2 Å². The third-order valence-electron chi connectivity index (χ3n) is 6.08. The molecule has 0 aliphatic carbocycles. The lowest BCUT2D eigenvalue weighted by atomic mass is 10.0. The first kappa shape index (κ1) is 22.5. The fraction of sp³-hybridized carbons (Fsp3) is 0.320. The van der Waals surface area contributed by atoms with Crippen LogP contribution in [0.4, 0.5) is 5.82 Å². The lowest BCUT2D eigenvalue weighted by Crippen LogP contribution is -2.44. The average molecular weight is 478 g/mol. The van der Waals surface area contributed by atoms with Gasteiger partial charge in [-0.25, -0.2) is 23.4 Å². The number of aryl methyl sites for hydroxylation is 1. The van der Waals surface area contributed by atoms with Crippen LogP contribution in [-0.2, 0) is 20.3 Å². The van der Waals surface area contributed by atoms with Gasteiger partial charge in [-0.15, -0.1) is 0 Å². The summed E-state index contributed by atoms with van der Waals surface area (Å²) in [6.07, 6.45) is 4.85. The van der Waals surface area contributed by atoms with E-state index in [1.165, 1.54) is 6.26 Å². The van der Waals surface area contributed by atoms with E-state index < -0.39 is 9.84 Å². The van der Waals surface area contributed by atoms with Gasteiger partial charge >= 0.3 is 0 Å². The molecule has 8 nitrogen and oxygen atoms in total. The summed E-state index contributed by atoms with van der Waals surface area (Å²) in [7, 11) is -3.16. The van der Waals surface area contributed by atoms with Crippen LogP contribution in [0, 0.1) is 6.92 Å². The molecule has 0 saturated carbocycles. The summed E-state index contributed by atoms with van der Waals surface area (Å²) in [5, 5.41) is 0.947. The number of morpholine rings is 1. The Kier molecular flexibility index (Phi) is 5.83. The number of hydrogen-bond acceptors (Lipinski definition) is 7. The minimum absolute atomic E-state index is 0.0140. The van der Waals surface area contributed by atoms with Crippen molar-refractivity contribution in [2.45, 2.75) is 25.6 Å². The Hall–Kier alpha value is -3.30. The molecule has 1 aliphatic rings. The number of H-pyrrole nitrogens is 1. The Morgan fingerprint density at radius 1 is 1.15 bits per heavy atom. The second-order valence-electron chi connectivity index (χ2n) is 8.87. The van der Waals surface area contributed by atoms with Crippen LogP contribution in [0.15, 0.2) is 48.8 Å². The number of nitrogens with one attached hydrogen (secondary N) is 1. The largest absolute Gasteiger partial charge is 0.377 e. The van der Waals surface area contributed by atoms with Gasteiger partial charge in [-0.2, -0.15) is 0 Å². The predicted octanol–water partition coefficient (Wildman–Crippen LogP) is 3.77. The summed E-state index contributed by atoms with van der Waals surface area (Å²) in [5.41, 5.74) is 5.07. The molecule has 1 fully saturated rings. The van der Waals surface area contributed by atoms with Gasteiger partial charge in [0.15, 0.2) is 15.7 Å². The summed E-state index contributed by atoms with van der Waals surface area (Å²) in [4.78, 5) is 19.7. The molecule has 0 amide bonds. The molecule has 4 heterocycles. The van der Waals surface area contributed by atoms with Crippen LogP contribution in [0.25, 0.3) is 33.7 Å². The van der Waals surface area contributed by atoms with E-state index in [1.54, 1.807) is 6.20 Å². The molecule has 0 unspecified atom stereocenters. The molecule has 1 aromatic carbocycles. The van der Waals surface area contributed by atoms with E-state index in [0.29, 0.717) is 19.0 Å². The quantitative estimate of drug-likeness (QED) is 0.467. The molecular weight excluding hydrogens is 450 g/mol. The predicted molar refractivity (Wildman–Crippen MR) is 133 cm³/mol. The van der Waals surface area contributed by atoms with Crippen molar-refractivity contribution in [1.29, 1.82) is 0 Å². The summed E-state index contributed by atoms with van der Waals surface area (Å²) in [6.45, 7) is 6.14. The van der Waals surface area contributed by atoms with Gasteiger partial charge in [0, 0.05) is 47.8 Å². The van der Waals surface area contributed by atoms with Gasteiger partial charge in [0.1, 0.15) is 11.5 Å². The zero-order valence-electron chi connectivity index (χ0n) is 19.4. The summed E-state index contributed by atoms with van der Waals surface area (Å²) < 4.78 is 29.5. The highest BCUT2D eigenvalue weighted by molar-refractivity contribution is 7.89. The standard InChI is InChI=1S/C25H27N5O3S/c1-16-4-5-18(15-34(3,31)32)12-21(16)22-13-23(30-10-11-33-14-17(30)2)29-25(28-22)20-7-9-27-24-19(20)6-8-26-24/h4-9,12-13,17H,10-11,14-15H2,1-3H3,(H,26,27)/t17-/m1/s1. The number of nitrogens with zero attached hydrogens (tertiary/aromatic N) is 4. The third kappa shape index (κ3) is 4.53. The van der Waals surface area contributed by atoms with Crippen LogP contribution in [0.3, 0.4) is 0 Å². The smallest absolute Gasteiger partial charge is 0.162 e. The van der Waals surface area contributed by atoms with Gasteiger partial charge in [0.2, 0.25) is 0 Å². The van der Waals surface area contributed by atoms with Gasteiger partial charge in [-0.05, 0) is 43.2 Å². The topological polar surface area (TPSA) is 101 Å². The lowest BCUT2D eigenvalue weighted by Gasteiger charge is -2.34. The molecule has 1 aliphatic heterocycles. The Labute approximate surface area is 199 Å². The zero-order valence-corrected chi connectivity index (χ0v) is 20.3. The normalized spacial score (nSPS) is 16.8. The van der Waals surface area contributed by atoms with E-state index in [4.69, 9.17) is 14.7 Å². The second-order valence-corrected chi connectivity index (χ2v) is 11.0. The van der Waals surface area contributed by atoms with E-state index in [2.05, 4.69) is 21.8 Å². The summed E-state index contributed by atoms with van der Waals surface area (Å²) in [5.74, 6) is 1.41. The molecule has 0 radical (unpaired) electrons. The van der Waals surface area contributed by atoms with Crippen LogP contribution < -0.4 is 4.90 Å². The first-order chi connectivity index (χ1) is 16.3. The molecule has 9 heteroatoms. The second kappa shape index (κ2) is 8.81. The van der Waals surface area contributed by atoms with E-state index in [1.807, 2.05) is 49.5 Å². The molecule has 0 bridgehead atoms. The van der Waals surface area contributed by atoms with Crippen LogP contribution >= 0.6 is 0 Å². The van der Waals surface area contributed by atoms with Crippen LogP contribution in [0.2, 0.25) is 0 Å². The van der Waals surface area contributed by atoms with E-state index >= 15 is 0 Å². The Bertz CT molecular complexity index is 1460. The highest BCUT2D eigenvalue weighted by Crippen LogP contribution is 2.32. The van der Waals surface area contributed by atoms with Crippen molar-refractivity contribution in [2.24, 2.45) is 0 Å². The molecule has 176 valence electrons. The number of rotatable bonds is 5. The number of sulfone groups is 1. The Balaban J connectivity index is 1.70. The SMILES string of the molecule is Cc1ccc(CS(C)(=O)=O)cc1-c1cc(N2CCOC[C@H]2C)nc(-c2ccnc3[nH]ccc23)n1. The fourth-order valence-corrected chi connectivity index (χ4v) is 5.19. The number of aromatic nitrogens is 4. The first-order valence-corrected chi connectivity index (χ1v) is 13.3. The number of hydrogen-bond donors (Lipinski definition) is 1. The van der Waals surface area contributed by atoms with Gasteiger partial charge < -0.3 is 14.6 Å². The van der Waals surface area contributed by atoms with E-state index in [9.17, 15) is 8.42 Å². The first-order valence-electron chi connectivity index (χ1n) is 11.2. The van der Waals surface area contributed by atoms with E-state index in [-0.39, 0.29) is 11.8 Å². The maximum atomic E-state index is 11.9. The van der Waals surface area contributed by atoms with Gasteiger partial charge in [0.05, 0.1) is 30.7 Å². The molecule has 1 saturated heterocycles. The molecule has 4 aromatic rings. The number of pyridine rings is 1. The molecule has 34 heavy (non-hydrogen) atoms. The number of anilines is 1. The maximum Gasteiger partial charge on any atom is 0.162 e. The highest BCUT2D eigenvalue weighted by atomic mass is 32.2. The van der Waals surface area contributed by atoms with Gasteiger partial charge in [-0.3, -0.25) is 0 Å². The Morgan fingerprint density at radius 2 is 2.00 bits per heavy atom.